The summed E-state index contributed by atoms with van der Waals surface area (Å²) in [5.74, 6) is 0.0240. The second-order valence-corrected chi connectivity index (χ2v) is 10.2. The molecule has 3 nitrogen and oxygen atoms in total. The van der Waals surface area contributed by atoms with E-state index in [1.807, 2.05) is 18.2 Å². The van der Waals surface area contributed by atoms with Crippen molar-refractivity contribution < 1.29 is 4.79 Å². The number of rotatable bonds is 7. The molecule has 2 aromatic rings. The van der Waals surface area contributed by atoms with Gasteiger partial charge in [-0.25, -0.2) is 0 Å². The number of hydrogen-bond donors (Lipinski definition) is 0. The van der Waals surface area contributed by atoms with Gasteiger partial charge in [0.25, 0.3) is 5.91 Å². The molecule has 2 aromatic carbocycles. The fourth-order valence-electron chi connectivity index (χ4n) is 3.72. The Labute approximate surface area is 204 Å². The minimum Gasteiger partial charge on any atom is -0.335 e. The van der Waals surface area contributed by atoms with Crippen molar-refractivity contribution in [2.75, 3.05) is 13.1 Å². The second-order valence-electron chi connectivity index (χ2n) is 7.47. The van der Waals surface area contributed by atoms with E-state index in [4.69, 9.17) is 12.2 Å². The van der Waals surface area contributed by atoms with Crippen LogP contribution in [-0.4, -0.2) is 33.1 Å². The van der Waals surface area contributed by atoms with Crippen molar-refractivity contribution in [1.82, 2.24) is 9.80 Å². The van der Waals surface area contributed by atoms with Crippen molar-refractivity contribution in [3.8, 4) is 0 Å². The SMILES string of the molecule is CCCCN1C(=O)/C(=C/C=C2\SC(c3ccccc3)=C(c3ccccc3)N2CC)SC1=S. The first-order valence-corrected chi connectivity index (χ1v) is 12.9. The van der Waals surface area contributed by atoms with E-state index >= 15 is 0 Å². The summed E-state index contributed by atoms with van der Waals surface area (Å²) >= 11 is 8.61. The van der Waals surface area contributed by atoms with Gasteiger partial charge in [-0.3, -0.25) is 9.69 Å². The molecule has 0 radical (unpaired) electrons. The van der Waals surface area contributed by atoms with Gasteiger partial charge in [0.1, 0.15) is 4.32 Å². The van der Waals surface area contributed by atoms with Crippen LogP contribution >= 0.6 is 35.7 Å². The third-order valence-corrected chi connectivity index (χ3v) is 7.94. The Morgan fingerprint density at radius 1 is 0.875 bits per heavy atom. The minimum atomic E-state index is 0.0240. The van der Waals surface area contributed by atoms with Crippen LogP contribution in [0.1, 0.15) is 37.8 Å². The molecule has 0 aliphatic carbocycles. The minimum absolute atomic E-state index is 0.0240. The Hall–Kier alpha value is -2.28. The molecule has 0 N–H and O–H groups in total. The lowest BCUT2D eigenvalue weighted by atomic mass is 10.1. The van der Waals surface area contributed by atoms with Crippen molar-refractivity contribution in [3.63, 3.8) is 0 Å². The fourth-order valence-corrected chi connectivity index (χ4v) is 6.22. The zero-order valence-corrected chi connectivity index (χ0v) is 20.7. The Bertz CT molecular complexity index is 1090. The molecule has 1 fully saturated rings. The summed E-state index contributed by atoms with van der Waals surface area (Å²) in [5, 5.41) is 1.11. The van der Waals surface area contributed by atoms with Gasteiger partial charge in [-0.1, -0.05) is 110 Å². The molecule has 0 spiro atoms. The molecule has 0 atom stereocenters. The molecule has 0 unspecified atom stereocenters. The molecule has 2 aliphatic heterocycles. The van der Waals surface area contributed by atoms with E-state index in [9.17, 15) is 4.79 Å². The van der Waals surface area contributed by atoms with Gasteiger partial charge in [0, 0.05) is 18.0 Å². The number of unbranched alkanes of at least 4 members (excludes halogenated alkanes) is 1. The van der Waals surface area contributed by atoms with E-state index in [0.29, 0.717) is 15.8 Å². The van der Waals surface area contributed by atoms with Crippen molar-refractivity contribution in [3.05, 3.63) is 93.9 Å². The smallest absolute Gasteiger partial charge is 0.266 e. The average molecular weight is 479 g/mol. The lowest BCUT2D eigenvalue weighted by Crippen LogP contribution is -2.28. The molecule has 1 amide bonds. The first-order valence-electron chi connectivity index (χ1n) is 10.9. The largest absolute Gasteiger partial charge is 0.335 e. The highest BCUT2D eigenvalue weighted by molar-refractivity contribution is 8.26. The molecular formula is C26H26N2OS3. The number of nitrogens with zero attached hydrogens (tertiary/aromatic N) is 2. The van der Waals surface area contributed by atoms with Gasteiger partial charge in [0.2, 0.25) is 0 Å². The molecular weight excluding hydrogens is 453 g/mol. The lowest BCUT2D eigenvalue weighted by Gasteiger charge is -2.21. The van der Waals surface area contributed by atoms with Crippen molar-refractivity contribution in [1.29, 1.82) is 0 Å². The van der Waals surface area contributed by atoms with Gasteiger partial charge in [0.05, 0.1) is 15.6 Å². The monoisotopic (exact) mass is 478 g/mol. The van der Waals surface area contributed by atoms with Crippen molar-refractivity contribution in [2.45, 2.75) is 26.7 Å². The average Bonchev–Trinajstić information content (AvgIpc) is 3.33. The van der Waals surface area contributed by atoms with Crippen molar-refractivity contribution in [2.24, 2.45) is 0 Å². The normalized spacial score (nSPS) is 19.2. The first kappa shape index (κ1) is 22.9. The number of carbonyl (C=O) groups excluding carboxylic acids is 1. The van der Waals surface area contributed by atoms with Crippen LogP contribution in [0.15, 0.2) is 82.7 Å². The van der Waals surface area contributed by atoms with Gasteiger partial charge >= 0.3 is 0 Å². The zero-order chi connectivity index (χ0) is 22.5. The van der Waals surface area contributed by atoms with Crippen LogP contribution in [0.2, 0.25) is 0 Å². The highest BCUT2D eigenvalue weighted by Gasteiger charge is 2.32. The Morgan fingerprint density at radius 3 is 2.16 bits per heavy atom. The van der Waals surface area contributed by atoms with Crippen LogP contribution < -0.4 is 0 Å². The predicted octanol–water partition coefficient (Wildman–Crippen LogP) is 6.97. The predicted molar refractivity (Wildman–Crippen MR) is 143 cm³/mol. The third-order valence-electron chi connectivity index (χ3n) is 5.34. The van der Waals surface area contributed by atoms with Crippen molar-refractivity contribution >= 4 is 56.6 Å². The zero-order valence-electron chi connectivity index (χ0n) is 18.3. The summed E-state index contributed by atoms with van der Waals surface area (Å²) in [4.78, 5) is 18.8. The van der Waals surface area contributed by atoms with E-state index in [-0.39, 0.29) is 5.91 Å². The maximum atomic E-state index is 12.8. The summed E-state index contributed by atoms with van der Waals surface area (Å²) in [5.41, 5.74) is 3.60. The Balaban J connectivity index is 1.68. The molecule has 0 bridgehead atoms. The van der Waals surface area contributed by atoms with Gasteiger partial charge in [0.15, 0.2) is 0 Å². The number of hydrogen-bond acceptors (Lipinski definition) is 5. The van der Waals surface area contributed by atoms with Crippen LogP contribution in [0.4, 0.5) is 0 Å². The van der Waals surface area contributed by atoms with Crippen LogP contribution in [0, 0.1) is 0 Å². The Morgan fingerprint density at radius 2 is 1.53 bits per heavy atom. The highest BCUT2D eigenvalue weighted by Crippen LogP contribution is 2.50. The van der Waals surface area contributed by atoms with Crippen LogP contribution in [0.25, 0.3) is 10.6 Å². The van der Waals surface area contributed by atoms with Gasteiger partial charge < -0.3 is 4.90 Å². The number of benzene rings is 2. The van der Waals surface area contributed by atoms with E-state index in [2.05, 4.69) is 73.4 Å². The van der Waals surface area contributed by atoms with Crippen LogP contribution in [0.3, 0.4) is 0 Å². The van der Waals surface area contributed by atoms with Gasteiger partial charge in [-0.2, -0.15) is 0 Å². The van der Waals surface area contributed by atoms with E-state index in [1.165, 1.54) is 33.5 Å². The number of thioether (sulfide) groups is 2. The maximum absolute atomic E-state index is 12.8. The molecule has 0 saturated carbocycles. The number of thiocarbonyl (C=S) groups is 1. The molecule has 32 heavy (non-hydrogen) atoms. The molecule has 2 heterocycles. The van der Waals surface area contributed by atoms with E-state index in [1.54, 1.807) is 16.7 Å². The Kier molecular flexibility index (Phi) is 7.55. The maximum Gasteiger partial charge on any atom is 0.266 e. The highest BCUT2D eigenvalue weighted by atomic mass is 32.2. The molecule has 0 aromatic heterocycles. The topological polar surface area (TPSA) is 23.6 Å². The van der Waals surface area contributed by atoms with Crippen LogP contribution in [-0.2, 0) is 4.79 Å². The summed E-state index contributed by atoms with van der Waals surface area (Å²) in [7, 11) is 0. The lowest BCUT2D eigenvalue weighted by molar-refractivity contribution is -0.122. The summed E-state index contributed by atoms with van der Waals surface area (Å²) in [6, 6.07) is 21.0. The molecule has 164 valence electrons. The molecule has 6 heteroatoms. The first-order chi connectivity index (χ1) is 15.6. The summed E-state index contributed by atoms with van der Waals surface area (Å²) < 4.78 is 0.660. The standard InChI is InChI=1S/C26H26N2OS3/c1-3-5-18-28-25(29)21(31-26(28)30)16-17-22-27(4-2)23(19-12-8-6-9-13-19)24(32-22)20-14-10-7-11-15-20/h6-17H,3-5,18H2,1-2H3/b21-16-,22-17-. The van der Waals surface area contributed by atoms with Gasteiger partial charge in [-0.15, -0.1) is 0 Å². The quantitative estimate of drug-likeness (QED) is 0.316. The van der Waals surface area contributed by atoms with E-state index in [0.717, 1.165) is 24.4 Å². The number of amides is 1. The molecule has 1 saturated heterocycles. The number of allylic oxidation sites excluding steroid dienone is 2. The number of carbonyl (C=O) groups is 1. The summed E-state index contributed by atoms with van der Waals surface area (Å²) in [6.45, 7) is 5.82. The molecule has 4 rings (SSSR count). The molecule has 2 aliphatic rings. The van der Waals surface area contributed by atoms with E-state index < -0.39 is 0 Å². The van der Waals surface area contributed by atoms with Gasteiger partial charge in [-0.05, 0) is 36.6 Å². The fraction of sp³-hybridized carbons (Fsp3) is 0.231. The van der Waals surface area contributed by atoms with Crippen LogP contribution in [0.5, 0.6) is 0 Å². The third kappa shape index (κ3) is 4.72. The second kappa shape index (κ2) is 10.6. The summed E-state index contributed by atoms with van der Waals surface area (Å²) in [6.07, 6.45) is 6.01.